The Bertz CT molecular complexity index is 899. The molecule has 4 rings (SSSR count). The highest BCUT2D eigenvalue weighted by atomic mass is 35.5. The van der Waals surface area contributed by atoms with Gasteiger partial charge in [-0.3, -0.25) is 4.79 Å². The minimum atomic E-state index is -1.39. The third-order valence-electron chi connectivity index (χ3n) is 4.71. The molecule has 5 nitrogen and oxygen atoms in total. The number of ether oxygens (including phenoxy) is 3. The second-order valence-electron chi connectivity index (χ2n) is 6.54. The molecule has 0 N–H and O–H groups in total. The Morgan fingerprint density at radius 2 is 1.86 bits per heavy atom. The number of carbonyl (C=O) groups is 1. The fourth-order valence-electron chi connectivity index (χ4n) is 3.47. The summed E-state index contributed by atoms with van der Waals surface area (Å²) in [6.45, 7) is 1.71. The molecule has 28 heavy (non-hydrogen) atoms. The van der Waals surface area contributed by atoms with Crippen LogP contribution in [0.3, 0.4) is 0 Å². The molecule has 0 aliphatic carbocycles. The third kappa shape index (κ3) is 3.46. The molecule has 1 saturated heterocycles. The van der Waals surface area contributed by atoms with Gasteiger partial charge >= 0.3 is 0 Å². The van der Waals surface area contributed by atoms with Gasteiger partial charge in [0.2, 0.25) is 0 Å². The standard InChI is InChI=1S/C20H18Cl3NO4/c21-13-6-7-17(16(23)12-13)26-9-2-8-24-18-14(4-1-5-15(18)22)20(19(24)25)27-10-3-11-28-20/h1,4-7,12H,2-3,8-11H2. The second kappa shape index (κ2) is 8.09. The lowest BCUT2D eigenvalue weighted by molar-refractivity contribution is -0.256. The Balaban J connectivity index is 1.48. The molecule has 0 saturated carbocycles. The Hall–Kier alpha value is -1.50. The number of nitrogens with zero attached hydrogens (tertiary/aromatic N) is 1. The minimum Gasteiger partial charge on any atom is -0.492 e. The molecule has 148 valence electrons. The highest BCUT2D eigenvalue weighted by Crippen LogP contribution is 2.48. The normalized spacial score (nSPS) is 17.8. The zero-order valence-electron chi connectivity index (χ0n) is 14.9. The van der Waals surface area contributed by atoms with E-state index < -0.39 is 5.79 Å². The van der Waals surface area contributed by atoms with Crippen LogP contribution in [0.1, 0.15) is 18.4 Å². The first-order valence-corrected chi connectivity index (χ1v) is 10.1. The van der Waals surface area contributed by atoms with Crippen molar-refractivity contribution in [3.05, 3.63) is 57.0 Å². The monoisotopic (exact) mass is 441 g/mol. The highest BCUT2D eigenvalue weighted by molar-refractivity contribution is 6.35. The van der Waals surface area contributed by atoms with Gasteiger partial charge in [0.05, 0.1) is 35.6 Å². The summed E-state index contributed by atoms with van der Waals surface area (Å²) in [5.74, 6) is -1.09. The predicted octanol–water partition coefficient (Wildman–Crippen LogP) is 5.05. The van der Waals surface area contributed by atoms with E-state index in [2.05, 4.69) is 0 Å². The molecule has 1 spiro atoms. The van der Waals surface area contributed by atoms with E-state index >= 15 is 0 Å². The van der Waals surface area contributed by atoms with Crippen LogP contribution in [0.15, 0.2) is 36.4 Å². The van der Waals surface area contributed by atoms with Crippen LogP contribution in [0.4, 0.5) is 5.69 Å². The third-order valence-corrected chi connectivity index (χ3v) is 5.55. The average molecular weight is 443 g/mol. The van der Waals surface area contributed by atoms with Crippen LogP contribution in [-0.4, -0.2) is 32.3 Å². The van der Waals surface area contributed by atoms with Gasteiger partial charge in [-0.1, -0.05) is 46.9 Å². The summed E-state index contributed by atoms with van der Waals surface area (Å²) >= 11 is 18.4. The van der Waals surface area contributed by atoms with Crippen molar-refractivity contribution >= 4 is 46.4 Å². The van der Waals surface area contributed by atoms with Crippen molar-refractivity contribution in [2.75, 3.05) is 31.3 Å². The smallest absolute Gasteiger partial charge is 0.292 e. The molecule has 2 aliphatic rings. The van der Waals surface area contributed by atoms with Gasteiger partial charge in [-0.2, -0.15) is 0 Å². The summed E-state index contributed by atoms with van der Waals surface area (Å²) in [5.41, 5.74) is 1.30. The van der Waals surface area contributed by atoms with Crippen LogP contribution in [-0.2, 0) is 20.1 Å². The van der Waals surface area contributed by atoms with E-state index in [9.17, 15) is 4.79 Å². The molecule has 0 radical (unpaired) electrons. The van der Waals surface area contributed by atoms with Crippen molar-refractivity contribution < 1.29 is 19.0 Å². The van der Waals surface area contributed by atoms with Crippen LogP contribution in [0.2, 0.25) is 15.1 Å². The molecule has 2 aliphatic heterocycles. The second-order valence-corrected chi connectivity index (χ2v) is 7.79. The topological polar surface area (TPSA) is 48.0 Å². The largest absolute Gasteiger partial charge is 0.492 e. The average Bonchev–Trinajstić information content (AvgIpc) is 2.91. The molecule has 1 amide bonds. The van der Waals surface area contributed by atoms with Crippen molar-refractivity contribution in [3.8, 4) is 5.75 Å². The molecule has 0 aromatic heterocycles. The SMILES string of the molecule is O=C1N(CCCOc2ccc(Cl)cc2Cl)c2c(Cl)cccc2C12OCCCO2. The molecule has 0 unspecified atom stereocenters. The van der Waals surface area contributed by atoms with Gasteiger partial charge in [0.25, 0.3) is 11.7 Å². The molecule has 0 atom stereocenters. The van der Waals surface area contributed by atoms with Crippen molar-refractivity contribution in [1.29, 1.82) is 0 Å². The van der Waals surface area contributed by atoms with E-state index in [-0.39, 0.29) is 5.91 Å². The number of benzene rings is 2. The van der Waals surface area contributed by atoms with Crippen LogP contribution in [0, 0.1) is 0 Å². The number of hydrogen-bond acceptors (Lipinski definition) is 4. The molecule has 2 aromatic carbocycles. The molecular weight excluding hydrogens is 425 g/mol. The zero-order chi connectivity index (χ0) is 19.7. The van der Waals surface area contributed by atoms with E-state index in [1.54, 1.807) is 35.2 Å². The summed E-state index contributed by atoms with van der Waals surface area (Å²) in [4.78, 5) is 14.8. The van der Waals surface area contributed by atoms with Gasteiger partial charge in [0.15, 0.2) is 0 Å². The summed E-state index contributed by atoms with van der Waals surface area (Å²) < 4.78 is 17.4. The van der Waals surface area contributed by atoms with E-state index in [0.717, 1.165) is 6.42 Å². The maximum absolute atomic E-state index is 13.2. The van der Waals surface area contributed by atoms with E-state index in [4.69, 9.17) is 49.0 Å². The lowest BCUT2D eigenvalue weighted by Gasteiger charge is -2.32. The lowest BCUT2D eigenvalue weighted by Crippen LogP contribution is -2.47. The van der Waals surface area contributed by atoms with E-state index in [1.165, 1.54) is 0 Å². The zero-order valence-corrected chi connectivity index (χ0v) is 17.2. The summed E-state index contributed by atoms with van der Waals surface area (Å²) in [6.07, 6.45) is 1.33. The number of fused-ring (bicyclic) bond motifs is 2. The first kappa shape index (κ1) is 19.8. The van der Waals surface area contributed by atoms with Gasteiger partial charge in [-0.05, 0) is 37.1 Å². The number of amides is 1. The summed E-state index contributed by atoms with van der Waals surface area (Å²) in [7, 11) is 0. The summed E-state index contributed by atoms with van der Waals surface area (Å²) in [6, 6.07) is 10.4. The molecule has 1 fully saturated rings. The number of para-hydroxylation sites is 1. The van der Waals surface area contributed by atoms with Crippen LogP contribution >= 0.6 is 34.8 Å². The fraction of sp³-hybridized carbons (Fsp3) is 0.350. The summed E-state index contributed by atoms with van der Waals surface area (Å²) in [5, 5.41) is 1.48. The first-order chi connectivity index (χ1) is 13.5. The number of carbonyl (C=O) groups excluding carboxylic acids is 1. The first-order valence-electron chi connectivity index (χ1n) is 8.99. The number of halogens is 3. The molecule has 8 heteroatoms. The number of rotatable bonds is 5. The number of anilines is 1. The van der Waals surface area contributed by atoms with Gasteiger partial charge < -0.3 is 19.1 Å². The molecule has 0 bridgehead atoms. The van der Waals surface area contributed by atoms with Gasteiger partial charge in [0, 0.05) is 17.1 Å². The predicted molar refractivity (Wildman–Crippen MR) is 109 cm³/mol. The van der Waals surface area contributed by atoms with Crippen LogP contribution < -0.4 is 9.64 Å². The van der Waals surface area contributed by atoms with Crippen LogP contribution in [0.5, 0.6) is 5.75 Å². The Morgan fingerprint density at radius 3 is 2.61 bits per heavy atom. The maximum Gasteiger partial charge on any atom is 0.292 e. The fourth-order valence-corrected chi connectivity index (χ4v) is 4.21. The van der Waals surface area contributed by atoms with Gasteiger partial charge in [-0.15, -0.1) is 0 Å². The highest BCUT2D eigenvalue weighted by Gasteiger charge is 2.55. The van der Waals surface area contributed by atoms with E-state index in [0.29, 0.717) is 64.9 Å². The minimum absolute atomic E-state index is 0.250. The van der Waals surface area contributed by atoms with Crippen molar-refractivity contribution in [3.63, 3.8) is 0 Å². The van der Waals surface area contributed by atoms with Crippen molar-refractivity contribution in [2.24, 2.45) is 0 Å². The van der Waals surface area contributed by atoms with Gasteiger partial charge in [0.1, 0.15) is 5.75 Å². The van der Waals surface area contributed by atoms with Crippen LogP contribution in [0.25, 0.3) is 0 Å². The molecule has 2 aromatic rings. The Morgan fingerprint density at radius 1 is 1.07 bits per heavy atom. The molecule has 2 heterocycles. The quantitative estimate of drug-likeness (QED) is 0.608. The number of hydrogen-bond donors (Lipinski definition) is 0. The van der Waals surface area contributed by atoms with E-state index in [1.807, 2.05) is 6.07 Å². The van der Waals surface area contributed by atoms with Gasteiger partial charge in [-0.25, -0.2) is 0 Å². The Kier molecular flexibility index (Phi) is 5.72. The molecular formula is C20H18Cl3NO4. The van der Waals surface area contributed by atoms with Crippen molar-refractivity contribution in [2.45, 2.75) is 18.6 Å². The lowest BCUT2D eigenvalue weighted by atomic mass is 10.1. The van der Waals surface area contributed by atoms with Crippen molar-refractivity contribution in [1.82, 2.24) is 0 Å². The Labute approximate surface area is 178 Å². The maximum atomic E-state index is 13.2.